The number of hydrogen-bond donors (Lipinski definition) is 0. The molecule has 10 heteroatoms. The van der Waals surface area contributed by atoms with E-state index in [0.717, 1.165) is 32.1 Å². The van der Waals surface area contributed by atoms with E-state index in [1.807, 2.05) is 0 Å². The lowest BCUT2D eigenvalue weighted by molar-refractivity contribution is -0.385. The molecule has 0 N–H and O–H groups in total. The molecule has 1 atom stereocenters. The van der Waals surface area contributed by atoms with E-state index in [4.69, 9.17) is 9.47 Å². The Morgan fingerprint density at radius 3 is 2.48 bits per heavy atom. The Kier molecular flexibility index (Phi) is 6.61. The molecule has 1 amide bonds. The lowest BCUT2D eigenvalue weighted by atomic mass is 9.93. The van der Waals surface area contributed by atoms with Gasteiger partial charge in [0.05, 0.1) is 29.6 Å². The number of ether oxygens (including phenoxy) is 2. The van der Waals surface area contributed by atoms with Gasteiger partial charge in [0.2, 0.25) is 0 Å². The molecule has 2 fully saturated rings. The fourth-order valence-electron chi connectivity index (χ4n) is 4.17. The monoisotopic (exact) mass is 426 g/mol. The van der Waals surface area contributed by atoms with Crippen molar-refractivity contribution in [2.45, 2.75) is 50.6 Å². The predicted molar refractivity (Wildman–Crippen MR) is 106 cm³/mol. The SMILES string of the molecule is COc1ccc([N+](=O)[O-])cc1OCC(=O)N(C1CCCCC1)C1CCS(=O)(=O)C1. The van der Waals surface area contributed by atoms with E-state index >= 15 is 0 Å². The molecule has 1 aromatic carbocycles. The van der Waals surface area contributed by atoms with Crippen LogP contribution < -0.4 is 9.47 Å². The highest BCUT2D eigenvalue weighted by atomic mass is 32.2. The first kappa shape index (κ1) is 21.4. The number of nitro groups is 1. The van der Waals surface area contributed by atoms with Gasteiger partial charge >= 0.3 is 0 Å². The summed E-state index contributed by atoms with van der Waals surface area (Å²) in [7, 11) is -1.72. The van der Waals surface area contributed by atoms with Crippen molar-refractivity contribution in [3.05, 3.63) is 28.3 Å². The number of methoxy groups -OCH3 is 1. The summed E-state index contributed by atoms with van der Waals surface area (Å²) < 4.78 is 34.7. The van der Waals surface area contributed by atoms with Gasteiger partial charge in [-0.25, -0.2) is 8.42 Å². The summed E-state index contributed by atoms with van der Waals surface area (Å²) in [4.78, 5) is 25.2. The lowest BCUT2D eigenvalue weighted by Crippen LogP contribution is -2.50. The number of amides is 1. The van der Waals surface area contributed by atoms with E-state index in [-0.39, 0.29) is 53.3 Å². The van der Waals surface area contributed by atoms with Gasteiger partial charge in [0.15, 0.2) is 27.9 Å². The van der Waals surface area contributed by atoms with Gasteiger partial charge in [-0.1, -0.05) is 19.3 Å². The zero-order valence-corrected chi connectivity index (χ0v) is 17.2. The minimum Gasteiger partial charge on any atom is -0.493 e. The van der Waals surface area contributed by atoms with E-state index in [2.05, 4.69) is 0 Å². The van der Waals surface area contributed by atoms with Crippen LogP contribution in [0.2, 0.25) is 0 Å². The van der Waals surface area contributed by atoms with E-state index in [1.165, 1.54) is 25.3 Å². The van der Waals surface area contributed by atoms with E-state index in [0.29, 0.717) is 6.42 Å². The summed E-state index contributed by atoms with van der Waals surface area (Å²) in [6.45, 7) is -0.329. The van der Waals surface area contributed by atoms with Crippen LogP contribution in [0.4, 0.5) is 5.69 Å². The van der Waals surface area contributed by atoms with Crippen LogP contribution in [0, 0.1) is 10.1 Å². The molecular formula is C19H26N2O7S. The fourth-order valence-corrected chi connectivity index (χ4v) is 5.88. The highest BCUT2D eigenvalue weighted by Crippen LogP contribution is 2.32. The molecule has 160 valence electrons. The topological polar surface area (TPSA) is 116 Å². The summed E-state index contributed by atoms with van der Waals surface area (Å²) in [6, 6.07) is 3.60. The quantitative estimate of drug-likeness (QED) is 0.485. The summed E-state index contributed by atoms with van der Waals surface area (Å²) in [6.07, 6.45) is 5.26. The van der Waals surface area contributed by atoms with Crippen LogP contribution >= 0.6 is 0 Å². The van der Waals surface area contributed by atoms with Crippen LogP contribution in [-0.2, 0) is 14.6 Å². The second kappa shape index (κ2) is 8.98. The fraction of sp³-hybridized carbons (Fsp3) is 0.632. The highest BCUT2D eigenvalue weighted by Gasteiger charge is 2.38. The second-order valence-corrected chi connectivity index (χ2v) is 9.76. The van der Waals surface area contributed by atoms with Gasteiger partial charge in [0.25, 0.3) is 11.6 Å². The normalized spacial score (nSPS) is 21.5. The van der Waals surface area contributed by atoms with Gasteiger partial charge in [0, 0.05) is 18.2 Å². The minimum atomic E-state index is -3.14. The van der Waals surface area contributed by atoms with Crippen LogP contribution in [0.15, 0.2) is 18.2 Å². The molecule has 1 heterocycles. The van der Waals surface area contributed by atoms with Crippen molar-refractivity contribution in [2.24, 2.45) is 0 Å². The average molecular weight is 426 g/mol. The number of hydrogen-bond acceptors (Lipinski definition) is 7. The molecule has 0 bridgehead atoms. The van der Waals surface area contributed by atoms with Gasteiger partial charge in [-0.3, -0.25) is 14.9 Å². The first-order chi connectivity index (χ1) is 13.8. The molecule has 1 aromatic rings. The van der Waals surface area contributed by atoms with E-state index in [9.17, 15) is 23.3 Å². The maximum Gasteiger partial charge on any atom is 0.273 e. The zero-order chi connectivity index (χ0) is 21.0. The van der Waals surface area contributed by atoms with Crippen LogP contribution in [0.25, 0.3) is 0 Å². The Hall–Kier alpha value is -2.36. The first-order valence-corrected chi connectivity index (χ1v) is 11.6. The Morgan fingerprint density at radius 2 is 1.90 bits per heavy atom. The molecular weight excluding hydrogens is 400 g/mol. The van der Waals surface area contributed by atoms with Crippen molar-refractivity contribution >= 4 is 21.4 Å². The highest BCUT2D eigenvalue weighted by molar-refractivity contribution is 7.91. The standard InChI is InChI=1S/C19H26N2O7S/c1-27-17-8-7-15(21(23)24)11-18(17)28-12-19(22)20(14-5-3-2-4-6-14)16-9-10-29(25,26)13-16/h7-8,11,14,16H,2-6,9-10,12-13H2,1H3. The number of sulfone groups is 1. The number of benzene rings is 1. The van der Waals surface area contributed by atoms with Gasteiger partial charge < -0.3 is 14.4 Å². The maximum absolute atomic E-state index is 13.1. The molecule has 1 aliphatic carbocycles. The number of nitro benzene ring substituents is 1. The third-order valence-electron chi connectivity index (χ3n) is 5.57. The molecule has 29 heavy (non-hydrogen) atoms. The summed E-state index contributed by atoms with van der Waals surface area (Å²) >= 11 is 0. The van der Waals surface area contributed by atoms with Gasteiger partial charge in [-0.05, 0) is 25.3 Å². The molecule has 0 spiro atoms. The molecule has 0 radical (unpaired) electrons. The average Bonchev–Trinajstić information content (AvgIpc) is 3.06. The van der Waals surface area contributed by atoms with Crippen molar-refractivity contribution in [2.75, 3.05) is 25.2 Å². The Bertz CT molecular complexity index is 865. The summed E-state index contributed by atoms with van der Waals surface area (Å²) in [5, 5.41) is 11.0. The number of non-ortho nitro benzene ring substituents is 1. The number of carbonyl (C=O) groups is 1. The van der Waals surface area contributed by atoms with Crippen LogP contribution in [0.1, 0.15) is 38.5 Å². The molecule has 2 aliphatic rings. The van der Waals surface area contributed by atoms with Crippen LogP contribution in [0.3, 0.4) is 0 Å². The molecule has 1 unspecified atom stereocenters. The smallest absolute Gasteiger partial charge is 0.273 e. The van der Waals surface area contributed by atoms with Crippen molar-refractivity contribution in [1.82, 2.24) is 4.90 Å². The third-order valence-corrected chi connectivity index (χ3v) is 7.32. The van der Waals surface area contributed by atoms with Crippen molar-refractivity contribution < 1.29 is 27.6 Å². The molecule has 0 aromatic heterocycles. The Morgan fingerprint density at radius 1 is 1.17 bits per heavy atom. The van der Waals surface area contributed by atoms with E-state index < -0.39 is 14.8 Å². The number of rotatable bonds is 7. The minimum absolute atomic E-state index is 0.00477. The molecule has 1 saturated heterocycles. The van der Waals surface area contributed by atoms with E-state index in [1.54, 1.807) is 4.90 Å². The zero-order valence-electron chi connectivity index (χ0n) is 16.4. The summed E-state index contributed by atoms with van der Waals surface area (Å²) in [5.74, 6) is 0.171. The molecule has 1 saturated carbocycles. The molecule has 3 rings (SSSR count). The predicted octanol–water partition coefficient (Wildman–Crippen LogP) is 2.33. The number of nitrogens with zero attached hydrogens (tertiary/aromatic N) is 2. The Labute approximate surface area is 170 Å². The Balaban J connectivity index is 1.76. The van der Waals surface area contributed by atoms with Gasteiger partial charge in [0.1, 0.15) is 0 Å². The maximum atomic E-state index is 13.1. The third kappa shape index (κ3) is 5.17. The van der Waals surface area contributed by atoms with Crippen molar-refractivity contribution in [3.8, 4) is 11.5 Å². The van der Waals surface area contributed by atoms with Crippen molar-refractivity contribution in [3.63, 3.8) is 0 Å². The van der Waals surface area contributed by atoms with Gasteiger partial charge in [-0.2, -0.15) is 0 Å². The summed E-state index contributed by atoms with van der Waals surface area (Å²) in [5.41, 5.74) is -0.167. The second-order valence-electron chi connectivity index (χ2n) is 7.53. The lowest BCUT2D eigenvalue weighted by Gasteiger charge is -2.38. The number of carbonyl (C=O) groups excluding carboxylic acids is 1. The van der Waals surface area contributed by atoms with Crippen LogP contribution in [0.5, 0.6) is 11.5 Å². The van der Waals surface area contributed by atoms with Gasteiger partial charge in [-0.15, -0.1) is 0 Å². The van der Waals surface area contributed by atoms with Crippen molar-refractivity contribution in [1.29, 1.82) is 0 Å². The largest absolute Gasteiger partial charge is 0.493 e. The molecule has 9 nitrogen and oxygen atoms in total. The first-order valence-electron chi connectivity index (χ1n) is 9.77. The van der Waals surface area contributed by atoms with Crippen LogP contribution in [-0.4, -0.2) is 61.5 Å². The molecule has 1 aliphatic heterocycles.